The Hall–Kier alpha value is -2.86. The van der Waals surface area contributed by atoms with E-state index in [1.807, 2.05) is 6.92 Å². The van der Waals surface area contributed by atoms with Crippen LogP contribution in [0, 0.1) is 17.7 Å². The molecule has 1 aliphatic heterocycles. The summed E-state index contributed by atoms with van der Waals surface area (Å²) in [7, 11) is 0. The molecular formula is C28H32ClF7N4O. The highest BCUT2D eigenvalue weighted by Crippen LogP contribution is 2.35. The number of benzene rings is 2. The van der Waals surface area contributed by atoms with Crippen molar-refractivity contribution in [2.24, 2.45) is 16.8 Å². The molecule has 13 heteroatoms. The number of nitrogens with zero attached hydrogens (tertiary/aromatic N) is 1. The van der Waals surface area contributed by atoms with Gasteiger partial charge in [-0.25, -0.2) is 4.39 Å². The first-order valence-electron chi connectivity index (χ1n) is 13.2. The van der Waals surface area contributed by atoms with Gasteiger partial charge in [0.1, 0.15) is 11.9 Å². The van der Waals surface area contributed by atoms with Crippen LogP contribution in [0.2, 0.25) is 5.02 Å². The molecule has 3 rings (SSSR count). The lowest BCUT2D eigenvalue weighted by Crippen LogP contribution is -2.55. The molecule has 226 valence electrons. The van der Waals surface area contributed by atoms with E-state index < -0.39 is 53.7 Å². The molecule has 1 amide bonds. The van der Waals surface area contributed by atoms with Crippen LogP contribution in [0.4, 0.5) is 36.4 Å². The van der Waals surface area contributed by atoms with E-state index in [1.54, 1.807) is 6.92 Å². The summed E-state index contributed by atoms with van der Waals surface area (Å²) in [6.07, 6.45) is -6.79. The normalized spacial score (nSPS) is 24.1. The van der Waals surface area contributed by atoms with Crippen LogP contribution in [0.25, 0.3) is 0 Å². The fourth-order valence-electron chi connectivity index (χ4n) is 5.07. The maximum absolute atomic E-state index is 14.2. The number of alkyl halides is 6. The van der Waals surface area contributed by atoms with E-state index in [4.69, 9.17) is 11.6 Å². The molecule has 0 aromatic heterocycles. The van der Waals surface area contributed by atoms with Gasteiger partial charge in [-0.05, 0) is 55.2 Å². The number of anilines is 1. The topological polar surface area (TPSA) is 65.5 Å². The predicted octanol–water partition coefficient (Wildman–Crippen LogP) is 7.82. The number of amides is 1. The Labute approximate surface area is 238 Å². The lowest BCUT2D eigenvalue weighted by molar-refractivity contribution is -0.169. The van der Waals surface area contributed by atoms with E-state index in [0.29, 0.717) is 12.8 Å². The van der Waals surface area contributed by atoms with E-state index in [2.05, 4.69) is 20.9 Å². The molecule has 1 aliphatic rings. The van der Waals surface area contributed by atoms with E-state index in [1.165, 1.54) is 19.1 Å². The van der Waals surface area contributed by atoms with E-state index in [9.17, 15) is 35.5 Å². The van der Waals surface area contributed by atoms with E-state index in [0.717, 1.165) is 43.2 Å². The van der Waals surface area contributed by atoms with Crippen LogP contribution >= 0.6 is 11.6 Å². The Kier molecular flexibility index (Phi) is 10.7. The van der Waals surface area contributed by atoms with Gasteiger partial charge in [-0.2, -0.15) is 31.3 Å². The molecule has 2 aromatic rings. The second-order valence-electron chi connectivity index (χ2n) is 10.4. The molecule has 0 aliphatic carbocycles. The first kappa shape index (κ1) is 32.7. The number of hydrogen-bond donors (Lipinski definition) is 3. The van der Waals surface area contributed by atoms with Crippen molar-refractivity contribution in [3.05, 3.63) is 64.4 Å². The Morgan fingerprint density at radius 1 is 1.10 bits per heavy atom. The highest BCUT2D eigenvalue weighted by atomic mass is 35.5. The van der Waals surface area contributed by atoms with Crippen molar-refractivity contribution in [1.82, 2.24) is 10.6 Å². The lowest BCUT2D eigenvalue weighted by atomic mass is 9.85. The van der Waals surface area contributed by atoms with Crippen molar-refractivity contribution in [2.75, 3.05) is 5.32 Å². The summed E-state index contributed by atoms with van der Waals surface area (Å²) in [5.41, 5.74) is -1.31. The zero-order chi connectivity index (χ0) is 30.5. The van der Waals surface area contributed by atoms with Crippen LogP contribution in [-0.4, -0.2) is 36.2 Å². The van der Waals surface area contributed by atoms with Gasteiger partial charge < -0.3 is 16.0 Å². The molecule has 0 spiro atoms. The van der Waals surface area contributed by atoms with E-state index in [-0.39, 0.29) is 28.2 Å². The molecule has 5 nitrogen and oxygen atoms in total. The van der Waals surface area contributed by atoms with Gasteiger partial charge in [-0.1, -0.05) is 51.3 Å². The molecular weight excluding hydrogens is 577 g/mol. The van der Waals surface area contributed by atoms with Crippen LogP contribution in [0.15, 0.2) is 47.5 Å². The molecule has 5 atom stereocenters. The molecule has 1 saturated heterocycles. The highest BCUT2D eigenvalue weighted by molar-refractivity contribution is 6.30. The second-order valence-corrected chi connectivity index (χ2v) is 10.8. The first-order valence-corrected chi connectivity index (χ1v) is 13.6. The van der Waals surface area contributed by atoms with Crippen LogP contribution < -0.4 is 16.0 Å². The fraction of sp³-hybridized carbons (Fsp3) is 0.500. The SMILES string of the molecule is CCCCC1CC(C)C(N/C(=N\C(=O)c2ccc(Cl)c(F)c2)Nc2cccc(C(F)(F)F)c2)C(C)C(C(F)(F)F)N1. The average Bonchev–Trinajstić information content (AvgIpc) is 3.00. The molecule has 1 fully saturated rings. The van der Waals surface area contributed by atoms with Crippen molar-refractivity contribution in [3.8, 4) is 0 Å². The van der Waals surface area contributed by atoms with Gasteiger partial charge in [0.2, 0.25) is 5.96 Å². The lowest BCUT2D eigenvalue weighted by Gasteiger charge is -2.34. The molecule has 0 radical (unpaired) electrons. The largest absolute Gasteiger partial charge is 0.416 e. The molecule has 3 N–H and O–H groups in total. The Bertz CT molecular complexity index is 1230. The Morgan fingerprint density at radius 2 is 1.80 bits per heavy atom. The van der Waals surface area contributed by atoms with Crippen LogP contribution in [0.5, 0.6) is 0 Å². The second kappa shape index (κ2) is 13.4. The number of carbonyl (C=O) groups excluding carboxylic acids is 1. The quantitative estimate of drug-likeness (QED) is 0.178. The smallest absolute Gasteiger partial charge is 0.352 e. The number of nitrogens with one attached hydrogen (secondary N) is 3. The summed E-state index contributed by atoms with van der Waals surface area (Å²) in [5, 5.41) is 8.02. The van der Waals surface area contributed by atoms with Crippen molar-refractivity contribution >= 4 is 29.2 Å². The van der Waals surface area contributed by atoms with Crippen molar-refractivity contribution in [2.45, 2.75) is 76.9 Å². The summed E-state index contributed by atoms with van der Waals surface area (Å²) in [4.78, 5) is 16.9. The highest BCUT2D eigenvalue weighted by Gasteiger charge is 2.49. The number of carbonyl (C=O) groups is 1. The number of unbranched alkanes of at least 4 members (excludes halogenated alkanes) is 1. The summed E-state index contributed by atoms with van der Waals surface area (Å²) in [6, 6.07) is 4.05. The van der Waals surface area contributed by atoms with Gasteiger partial charge in [-0.15, -0.1) is 0 Å². The van der Waals surface area contributed by atoms with Crippen LogP contribution in [0.1, 0.15) is 62.4 Å². The van der Waals surface area contributed by atoms with Crippen LogP contribution in [0.3, 0.4) is 0 Å². The van der Waals surface area contributed by atoms with Gasteiger partial charge in [0.25, 0.3) is 5.91 Å². The molecule has 0 saturated carbocycles. The van der Waals surface area contributed by atoms with Crippen molar-refractivity contribution < 1.29 is 35.5 Å². The molecule has 0 bridgehead atoms. The molecule has 2 aromatic carbocycles. The van der Waals surface area contributed by atoms with Gasteiger partial charge in [-0.3, -0.25) is 4.79 Å². The van der Waals surface area contributed by atoms with Gasteiger partial charge in [0.15, 0.2) is 0 Å². The third-order valence-corrected chi connectivity index (χ3v) is 7.48. The van der Waals surface area contributed by atoms with E-state index >= 15 is 0 Å². The summed E-state index contributed by atoms with van der Waals surface area (Å²) in [5.74, 6) is -3.67. The Balaban J connectivity index is 2.01. The maximum Gasteiger partial charge on any atom is 0.416 e. The third-order valence-electron chi connectivity index (χ3n) is 7.17. The fourth-order valence-corrected chi connectivity index (χ4v) is 5.19. The zero-order valence-corrected chi connectivity index (χ0v) is 23.4. The summed E-state index contributed by atoms with van der Waals surface area (Å²) < 4.78 is 96.5. The molecule has 5 unspecified atom stereocenters. The standard InChI is InChI=1S/C28H32ClF7N4O/c1-4-5-8-19-12-15(2)23(16(3)24(37-19)28(34,35)36)39-26(38-20-9-6-7-18(14-20)27(31,32)33)40-25(41)17-10-11-21(29)22(30)13-17/h6-7,9-11,13-16,19,23-24,37H,4-5,8,12H2,1-3H3,(H2,38,39,40,41). The summed E-state index contributed by atoms with van der Waals surface area (Å²) in [6.45, 7) is 5.13. The van der Waals surface area contributed by atoms with Gasteiger partial charge in [0.05, 0.1) is 10.6 Å². The van der Waals surface area contributed by atoms with Crippen LogP contribution in [-0.2, 0) is 6.18 Å². The minimum absolute atomic E-state index is 0.110. The Morgan fingerprint density at radius 3 is 2.41 bits per heavy atom. The minimum Gasteiger partial charge on any atom is -0.352 e. The number of halogens is 8. The monoisotopic (exact) mass is 608 g/mol. The number of hydrogen-bond acceptors (Lipinski definition) is 2. The summed E-state index contributed by atoms with van der Waals surface area (Å²) >= 11 is 5.68. The zero-order valence-electron chi connectivity index (χ0n) is 22.6. The first-order chi connectivity index (χ1) is 19.1. The third kappa shape index (κ3) is 8.81. The van der Waals surface area contributed by atoms with Crippen molar-refractivity contribution in [3.63, 3.8) is 0 Å². The van der Waals surface area contributed by atoms with Gasteiger partial charge >= 0.3 is 12.4 Å². The predicted molar refractivity (Wildman–Crippen MR) is 144 cm³/mol. The minimum atomic E-state index is -4.66. The molecule has 41 heavy (non-hydrogen) atoms. The maximum atomic E-state index is 14.2. The number of guanidine groups is 1. The number of rotatable bonds is 6. The average molecular weight is 609 g/mol. The number of aliphatic imine (C=N–C) groups is 1. The molecule has 1 heterocycles. The van der Waals surface area contributed by atoms with Crippen molar-refractivity contribution in [1.29, 1.82) is 0 Å². The van der Waals surface area contributed by atoms with Gasteiger partial charge in [0, 0.05) is 29.3 Å².